The molecule has 2 rings (SSSR count). The highest BCUT2D eigenvalue weighted by Crippen LogP contribution is 2.16. The molecule has 1 N–H and O–H groups in total. The minimum absolute atomic E-state index is 0.154. The number of nitrogens with one attached hydrogen (secondary N) is 1. The van der Waals surface area contributed by atoms with Crippen molar-refractivity contribution in [1.82, 2.24) is 0 Å². The lowest BCUT2D eigenvalue weighted by Crippen LogP contribution is -2.13. The smallest absolute Gasteiger partial charge is 0.338 e. The number of rotatable bonds is 6. The van der Waals surface area contributed by atoms with Crippen LogP contribution in [0.25, 0.3) is 0 Å². The summed E-state index contributed by atoms with van der Waals surface area (Å²) in [6.07, 6.45) is 0. The fourth-order valence-corrected chi connectivity index (χ4v) is 2.84. The third kappa shape index (κ3) is 4.69. The number of anilines is 1. The van der Waals surface area contributed by atoms with Gasteiger partial charge in [-0.05, 0) is 48.9 Å². The van der Waals surface area contributed by atoms with Gasteiger partial charge in [-0.2, -0.15) is 0 Å². The zero-order chi connectivity index (χ0) is 16.9. The molecule has 2 aromatic rings. The number of sulfonamides is 1. The Labute approximate surface area is 135 Å². The molecule has 23 heavy (non-hydrogen) atoms. The summed E-state index contributed by atoms with van der Waals surface area (Å²) in [5.41, 5.74) is 1.45. The fourth-order valence-electron chi connectivity index (χ4n) is 1.76. The predicted molar refractivity (Wildman–Crippen MR) is 88.8 cm³/mol. The van der Waals surface area contributed by atoms with Gasteiger partial charge in [-0.25, -0.2) is 13.2 Å². The molecule has 0 aliphatic carbocycles. The minimum Gasteiger partial charge on any atom is -0.458 e. The van der Waals surface area contributed by atoms with E-state index in [1.54, 1.807) is 25.1 Å². The maximum absolute atomic E-state index is 12.2. The van der Waals surface area contributed by atoms with E-state index in [0.717, 1.165) is 5.57 Å². The average molecular weight is 331 g/mol. The summed E-state index contributed by atoms with van der Waals surface area (Å²) in [6.45, 7) is 5.56. The Hall–Kier alpha value is -2.60. The second-order valence-electron chi connectivity index (χ2n) is 5.03. The largest absolute Gasteiger partial charge is 0.458 e. The number of ether oxygens (including phenoxy) is 1. The lowest BCUT2D eigenvalue weighted by molar-refractivity contribution is 0.0540. The van der Waals surface area contributed by atoms with Gasteiger partial charge in [-0.3, -0.25) is 4.72 Å². The first-order valence-electron chi connectivity index (χ1n) is 6.88. The van der Waals surface area contributed by atoms with E-state index in [1.807, 2.05) is 0 Å². The quantitative estimate of drug-likeness (QED) is 0.651. The molecule has 0 heterocycles. The molecule has 0 bridgehead atoms. The number of carbonyl (C=O) groups is 1. The normalized spacial score (nSPS) is 10.8. The molecule has 0 spiro atoms. The van der Waals surface area contributed by atoms with Crippen LogP contribution in [0.1, 0.15) is 17.3 Å². The van der Waals surface area contributed by atoms with Gasteiger partial charge in [0.05, 0.1) is 10.5 Å². The first kappa shape index (κ1) is 16.8. The highest BCUT2D eigenvalue weighted by molar-refractivity contribution is 7.92. The van der Waals surface area contributed by atoms with Crippen LogP contribution in [0, 0.1) is 0 Å². The van der Waals surface area contributed by atoms with Gasteiger partial charge in [0.1, 0.15) is 6.61 Å². The Morgan fingerprint density at radius 2 is 1.70 bits per heavy atom. The molecule has 2 aromatic carbocycles. The molecular formula is C17H17NO4S. The summed E-state index contributed by atoms with van der Waals surface area (Å²) in [6, 6.07) is 14.1. The maximum atomic E-state index is 12.2. The van der Waals surface area contributed by atoms with Crippen molar-refractivity contribution in [3.63, 3.8) is 0 Å². The van der Waals surface area contributed by atoms with Gasteiger partial charge >= 0.3 is 5.97 Å². The number of hydrogen-bond donors (Lipinski definition) is 1. The van der Waals surface area contributed by atoms with E-state index < -0.39 is 16.0 Å². The fraction of sp³-hybridized carbons (Fsp3) is 0.118. The molecule has 5 nitrogen and oxygen atoms in total. The third-order valence-electron chi connectivity index (χ3n) is 2.88. The Morgan fingerprint density at radius 3 is 2.26 bits per heavy atom. The SMILES string of the molecule is C=C(C)COC(=O)c1ccc(NS(=O)(=O)c2ccccc2)cc1. The summed E-state index contributed by atoms with van der Waals surface area (Å²) >= 11 is 0. The zero-order valence-corrected chi connectivity index (χ0v) is 13.5. The van der Waals surface area contributed by atoms with Crippen LogP contribution in [0.4, 0.5) is 5.69 Å². The highest BCUT2D eigenvalue weighted by atomic mass is 32.2. The molecule has 0 saturated carbocycles. The Balaban J connectivity index is 2.08. The number of esters is 1. The zero-order valence-electron chi connectivity index (χ0n) is 12.7. The van der Waals surface area contributed by atoms with Crippen molar-refractivity contribution in [3.8, 4) is 0 Å². The van der Waals surface area contributed by atoms with E-state index in [9.17, 15) is 13.2 Å². The van der Waals surface area contributed by atoms with E-state index in [4.69, 9.17) is 4.74 Å². The predicted octanol–water partition coefficient (Wildman–Crippen LogP) is 3.22. The highest BCUT2D eigenvalue weighted by Gasteiger charge is 2.14. The van der Waals surface area contributed by atoms with E-state index in [2.05, 4.69) is 11.3 Å². The average Bonchev–Trinajstić information content (AvgIpc) is 2.54. The Bertz CT molecular complexity index is 796. The lowest BCUT2D eigenvalue weighted by atomic mass is 10.2. The van der Waals surface area contributed by atoms with Crippen LogP contribution in [0.3, 0.4) is 0 Å². The number of carbonyl (C=O) groups excluding carboxylic acids is 1. The summed E-state index contributed by atoms with van der Waals surface area (Å²) in [5, 5.41) is 0. The molecule has 0 aliphatic heterocycles. The molecule has 0 aliphatic rings. The molecule has 0 aromatic heterocycles. The van der Waals surface area contributed by atoms with Crippen molar-refractivity contribution in [2.24, 2.45) is 0 Å². The molecule has 0 saturated heterocycles. The molecule has 0 fully saturated rings. The van der Waals surface area contributed by atoms with E-state index in [1.165, 1.54) is 36.4 Å². The van der Waals surface area contributed by atoms with Gasteiger partial charge in [0.2, 0.25) is 0 Å². The molecule has 6 heteroatoms. The standard InChI is InChI=1S/C17H17NO4S/c1-13(2)12-22-17(19)14-8-10-15(11-9-14)18-23(20,21)16-6-4-3-5-7-16/h3-11,18H,1,12H2,2H3. The topological polar surface area (TPSA) is 72.5 Å². The maximum Gasteiger partial charge on any atom is 0.338 e. The monoisotopic (exact) mass is 331 g/mol. The molecule has 0 radical (unpaired) electrons. The molecule has 120 valence electrons. The van der Waals surface area contributed by atoms with Crippen LogP contribution in [0.2, 0.25) is 0 Å². The van der Waals surface area contributed by atoms with Crippen LogP contribution in [0.5, 0.6) is 0 Å². The lowest BCUT2D eigenvalue weighted by Gasteiger charge is -2.09. The van der Waals surface area contributed by atoms with Gasteiger partial charge in [0.25, 0.3) is 10.0 Å². The van der Waals surface area contributed by atoms with Crippen LogP contribution < -0.4 is 4.72 Å². The van der Waals surface area contributed by atoms with E-state index in [-0.39, 0.29) is 11.5 Å². The van der Waals surface area contributed by atoms with Crippen molar-refractivity contribution >= 4 is 21.7 Å². The summed E-state index contributed by atoms with van der Waals surface area (Å²) in [5.74, 6) is -0.481. The van der Waals surface area contributed by atoms with Crippen LogP contribution in [-0.4, -0.2) is 21.0 Å². The third-order valence-corrected chi connectivity index (χ3v) is 4.27. The second-order valence-corrected chi connectivity index (χ2v) is 6.71. The molecular weight excluding hydrogens is 314 g/mol. The van der Waals surface area contributed by atoms with Gasteiger partial charge < -0.3 is 4.74 Å². The van der Waals surface area contributed by atoms with E-state index in [0.29, 0.717) is 11.3 Å². The number of hydrogen-bond acceptors (Lipinski definition) is 4. The summed E-state index contributed by atoms with van der Waals surface area (Å²) in [7, 11) is -3.65. The molecule has 0 amide bonds. The molecule has 0 atom stereocenters. The second kappa shape index (κ2) is 7.11. The molecule has 0 unspecified atom stereocenters. The van der Waals surface area contributed by atoms with Crippen molar-refractivity contribution in [2.75, 3.05) is 11.3 Å². The van der Waals surface area contributed by atoms with Crippen molar-refractivity contribution in [1.29, 1.82) is 0 Å². The Kier molecular flexibility index (Phi) is 5.18. The van der Waals surface area contributed by atoms with Crippen molar-refractivity contribution in [2.45, 2.75) is 11.8 Å². The summed E-state index contributed by atoms with van der Waals surface area (Å²) < 4.78 is 31.9. The van der Waals surface area contributed by atoms with Crippen LogP contribution in [0.15, 0.2) is 71.6 Å². The van der Waals surface area contributed by atoms with Gasteiger partial charge in [-0.15, -0.1) is 0 Å². The van der Waals surface area contributed by atoms with Gasteiger partial charge in [0.15, 0.2) is 0 Å². The Morgan fingerprint density at radius 1 is 1.09 bits per heavy atom. The minimum atomic E-state index is -3.65. The number of benzene rings is 2. The van der Waals surface area contributed by atoms with Gasteiger partial charge in [-0.1, -0.05) is 24.8 Å². The van der Waals surface area contributed by atoms with E-state index >= 15 is 0 Å². The van der Waals surface area contributed by atoms with Gasteiger partial charge in [0, 0.05) is 5.69 Å². The first-order chi connectivity index (χ1) is 10.9. The summed E-state index contributed by atoms with van der Waals surface area (Å²) in [4.78, 5) is 11.9. The van der Waals surface area contributed by atoms with Crippen molar-refractivity contribution in [3.05, 3.63) is 72.3 Å². The van der Waals surface area contributed by atoms with Crippen molar-refractivity contribution < 1.29 is 17.9 Å². The van der Waals surface area contributed by atoms with Crippen LogP contribution >= 0.6 is 0 Å². The first-order valence-corrected chi connectivity index (χ1v) is 8.36. The van der Waals surface area contributed by atoms with Crippen LogP contribution in [-0.2, 0) is 14.8 Å².